The number of halogens is 2. The van der Waals surface area contributed by atoms with Crippen LogP contribution >= 0.6 is 0 Å². The standard InChI is InChI=1S/C18H19F2NO/c1-18(22)12-21(16(18)17(19)20)15(13-8-4-2-5-9-13)14-10-6-3-7-11-14/h2-11,15-17,22H,12H2,1H3. The molecule has 2 aromatic rings. The summed E-state index contributed by atoms with van der Waals surface area (Å²) < 4.78 is 26.8. The second-order valence-electron chi connectivity index (χ2n) is 6.03. The van der Waals surface area contributed by atoms with Gasteiger partial charge >= 0.3 is 0 Å². The van der Waals surface area contributed by atoms with E-state index in [-0.39, 0.29) is 12.6 Å². The van der Waals surface area contributed by atoms with E-state index in [4.69, 9.17) is 0 Å². The Hall–Kier alpha value is -1.78. The third kappa shape index (κ3) is 2.64. The number of hydrogen-bond acceptors (Lipinski definition) is 2. The van der Waals surface area contributed by atoms with E-state index < -0.39 is 18.1 Å². The third-order valence-electron chi connectivity index (χ3n) is 4.30. The van der Waals surface area contributed by atoms with Crippen LogP contribution in [0.2, 0.25) is 0 Å². The van der Waals surface area contributed by atoms with Crippen LogP contribution in [0.3, 0.4) is 0 Å². The molecule has 2 unspecified atom stereocenters. The fourth-order valence-electron chi connectivity index (χ4n) is 3.32. The first kappa shape index (κ1) is 15.1. The Labute approximate surface area is 129 Å². The third-order valence-corrected chi connectivity index (χ3v) is 4.30. The lowest BCUT2D eigenvalue weighted by Crippen LogP contribution is -2.71. The Bertz CT molecular complexity index is 576. The summed E-state index contributed by atoms with van der Waals surface area (Å²) >= 11 is 0. The summed E-state index contributed by atoms with van der Waals surface area (Å²) in [5, 5.41) is 10.1. The van der Waals surface area contributed by atoms with Crippen molar-refractivity contribution < 1.29 is 13.9 Å². The van der Waals surface area contributed by atoms with E-state index in [1.807, 2.05) is 60.7 Å². The molecule has 0 bridgehead atoms. The average Bonchev–Trinajstić information content (AvgIpc) is 2.48. The van der Waals surface area contributed by atoms with Crippen molar-refractivity contribution in [3.8, 4) is 0 Å². The minimum atomic E-state index is -2.58. The van der Waals surface area contributed by atoms with E-state index in [0.717, 1.165) is 11.1 Å². The zero-order valence-corrected chi connectivity index (χ0v) is 12.4. The number of benzene rings is 2. The molecule has 116 valence electrons. The van der Waals surface area contributed by atoms with Crippen molar-refractivity contribution in [1.29, 1.82) is 0 Å². The van der Waals surface area contributed by atoms with Gasteiger partial charge in [0.15, 0.2) is 0 Å². The fourth-order valence-corrected chi connectivity index (χ4v) is 3.32. The minimum absolute atomic E-state index is 0.233. The summed E-state index contributed by atoms with van der Waals surface area (Å²) in [7, 11) is 0. The van der Waals surface area contributed by atoms with Crippen molar-refractivity contribution in [2.75, 3.05) is 6.54 Å². The molecule has 22 heavy (non-hydrogen) atoms. The van der Waals surface area contributed by atoms with Gasteiger partial charge in [-0.2, -0.15) is 0 Å². The molecule has 1 aliphatic heterocycles. The van der Waals surface area contributed by atoms with Crippen molar-refractivity contribution in [3.05, 3.63) is 71.8 Å². The Morgan fingerprint density at radius 3 is 1.82 bits per heavy atom. The smallest absolute Gasteiger partial charge is 0.256 e. The number of nitrogens with zero attached hydrogens (tertiary/aromatic N) is 1. The molecular formula is C18H19F2NO. The van der Waals surface area contributed by atoms with Gasteiger partial charge in [0.05, 0.1) is 11.6 Å². The largest absolute Gasteiger partial charge is 0.387 e. The molecule has 1 saturated heterocycles. The number of aliphatic hydroxyl groups is 1. The molecule has 2 nitrogen and oxygen atoms in total. The molecule has 1 heterocycles. The highest BCUT2D eigenvalue weighted by atomic mass is 19.3. The minimum Gasteiger partial charge on any atom is -0.387 e. The van der Waals surface area contributed by atoms with Crippen molar-refractivity contribution in [3.63, 3.8) is 0 Å². The molecule has 0 spiro atoms. The second-order valence-corrected chi connectivity index (χ2v) is 6.03. The quantitative estimate of drug-likeness (QED) is 0.935. The maximum Gasteiger partial charge on any atom is 0.256 e. The SMILES string of the molecule is CC1(O)CN(C(c2ccccc2)c2ccccc2)C1C(F)F. The maximum absolute atomic E-state index is 13.4. The molecule has 1 aliphatic rings. The summed E-state index contributed by atoms with van der Waals surface area (Å²) in [6, 6.07) is 17.7. The van der Waals surface area contributed by atoms with E-state index in [2.05, 4.69) is 0 Å². The summed E-state index contributed by atoms with van der Waals surface area (Å²) in [6.45, 7) is 1.71. The highest BCUT2D eigenvalue weighted by Crippen LogP contribution is 2.42. The van der Waals surface area contributed by atoms with E-state index in [9.17, 15) is 13.9 Å². The molecule has 2 aromatic carbocycles. The predicted octanol–water partition coefficient (Wildman–Crippen LogP) is 3.48. The second kappa shape index (κ2) is 5.78. The van der Waals surface area contributed by atoms with Gasteiger partial charge in [-0.05, 0) is 18.1 Å². The Morgan fingerprint density at radius 2 is 1.45 bits per heavy atom. The molecule has 0 radical (unpaired) electrons. The summed E-state index contributed by atoms with van der Waals surface area (Å²) in [4.78, 5) is 1.69. The van der Waals surface area contributed by atoms with Crippen LogP contribution in [0.25, 0.3) is 0 Å². The molecule has 3 rings (SSSR count). The van der Waals surface area contributed by atoms with Crippen LogP contribution < -0.4 is 0 Å². The first-order valence-electron chi connectivity index (χ1n) is 7.37. The lowest BCUT2D eigenvalue weighted by atomic mass is 9.81. The number of hydrogen-bond donors (Lipinski definition) is 1. The van der Waals surface area contributed by atoms with Crippen molar-refractivity contribution in [2.24, 2.45) is 0 Å². The van der Waals surface area contributed by atoms with Gasteiger partial charge in [-0.1, -0.05) is 60.7 Å². The normalized spacial score (nSPS) is 25.5. The highest BCUT2D eigenvalue weighted by molar-refractivity contribution is 5.33. The molecule has 4 heteroatoms. The fraction of sp³-hybridized carbons (Fsp3) is 0.333. The van der Waals surface area contributed by atoms with Gasteiger partial charge in [-0.3, -0.25) is 4.90 Å². The van der Waals surface area contributed by atoms with Crippen LogP contribution in [-0.4, -0.2) is 34.6 Å². The maximum atomic E-state index is 13.4. The number of alkyl halides is 2. The number of β-amino-alcohol motifs (C(OH)–C–C–N with tert-alkyl or cyclic N) is 1. The van der Waals surface area contributed by atoms with Crippen LogP contribution in [-0.2, 0) is 0 Å². The molecule has 1 fully saturated rings. The van der Waals surface area contributed by atoms with Gasteiger partial charge in [0.2, 0.25) is 0 Å². The van der Waals surface area contributed by atoms with Gasteiger partial charge in [-0.25, -0.2) is 8.78 Å². The average molecular weight is 303 g/mol. The van der Waals surface area contributed by atoms with Crippen LogP contribution in [0.4, 0.5) is 8.78 Å². The van der Waals surface area contributed by atoms with Crippen molar-refractivity contribution >= 4 is 0 Å². The van der Waals surface area contributed by atoms with Crippen LogP contribution in [0, 0.1) is 0 Å². The number of likely N-dealkylation sites (tertiary alicyclic amines) is 1. The molecule has 2 atom stereocenters. The van der Waals surface area contributed by atoms with E-state index in [1.54, 1.807) is 4.90 Å². The summed E-state index contributed by atoms with van der Waals surface area (Å²) in [5.41, 5.74) is 0.556. The topological polar surface area (TPSA) is 23.5 Å². The van der Waals surface area contributed by atoms with Gasteiger partial charge in [-0.15, -0.1) is 0 Å². The molecule has 0 amide bonds. The zero-order valence-electron chi connectivity index (χ0n) is 12.4. The Morgan fingerprint density at radius 1 is 1.00 bits per heavy atom. The molecule has 0 saturated carbocycles. The van der Waals surface area contributed by atoms with E-state index >= 15 is 0 Å². The zero-order chi connectivity index (χ0) is 15.7. The summed E-state index contributed by atoms with van der Waals surface area (Å²) in [6.07, 6.45) is -2.58. The van der Waals surface area contributed by atoms with Gasteiger partial charge in [0, 0.05) is 6.54 Å². The lowest BCUT2D eigenvalue weighted by molar-refractivity contribution is -0.197. The first-order valence-corrected chi connectivity index (χ1v) is 7.37. The highest BCUT2D eigenvalue weighted by Gasteiger charge is 2.55. The lowest BCUT2D eigenvalue weighted by Gasteiger charge is -2.55. The van der Waals surface area contributed by atoms with Crippen molar-refractivity contribution in [1.82, 2.24) is 4.90 Å². The van der Waals surface area contributed by atoms with Crippen LogP contribution in [0.5, 0.6) is 0 Å². The molecular weight excluding hydrogens is 284 g/mol. The molecule has 0 aromatic heterocycles. The van der Waals surface area contributed by atoms with Crippen LogP contribution in [0.15, 0.2) is 60.7 Å². The molecule has 0 aliphatic carbocycles. The number of rotatable bonds is 4. The summed E-state index contributed by atoms with van der Waals surface area (Å²) in [5.74, 6) is 0. The van der Waals surface area contributed by atoms with E-state index in [0.29, 0.717) is 0 Å². The molecule has 1 N–H and O–H groups in total. The Balaban J connectivity index is 2.01. The van der Waals surface area contributed by atoms with E-state index in [1.165, 1.54) is 6.92 Å². The van der Waals surface area contributed by atoms with Gasteiger partial charge in [0.1, 0.15) is 6.04 Å². The van der Waals surface area contributed by atoms with Gasteiger partial charge in [0.25, 0.3) is 6.43 Å². The predicted molar refractivity (Wildman–Crippen MR) is 81.8 cm³/mol. The monoisotopic (exact) mass is 303 g/mol. The first-order chi connectivity index (χ1) is 10.5. The van der Waals surface area contributed by atoms with Crippen LogP contribution in [0.1, 0.15) is 24.1 Å². The van der Waals surface area contributed by atoms with Gasteiger partial charge < -0.3 is 5.11 Å². The van der Waals surface area contributed by atoms with Crippen molar-refractivity contribution in [2.45, 2.75) is 31.0 Å². The Kier molecular flexibility index (Phi) is 3.98.